The van der Waals surface area contributed by atoms with Crippen molar-refractivity contribution in [1.29, 1.82) is 0 Å². The zero-order valence-corrected chi connectivity index (χ0v) is 22.0. The van der Waals surface area contributed by atoms with Crippen LogP contribution in [-0.4, -0.2) is 30.6 Å². The maximum atomic E-state index is 13.3. The largest absolute Gasteiger partial charge is 0.490 e. The van der Waals surface area contributed by atoms with Crippen molar-refractivity contribution in [1.82, 2.24) is 5.32 Å². The van der Waals surface area contributed by atoms with Crippen molar-refractivity contribution < 1.29 is 28.6 Å². The van der Waals surface area contributed by atoms with E-state index < -0.39 is 17.8 Å². The zero-order valence-electron chi connectivity index (χ0n) is 21.2. The third kappa shape index (κ3) is 6.15. The van der Waals surface area contributed by atoms with Gasteiger partial charge in [0.1, 0.15) is 17.9 Å². The van der Waals surface area contributed by atoms with Crippen molar-refractivity contribution in [2.45, 2.75) is 33.5 Å². The van der Waals surface area contributed by atoms with Crippen molar-refractivity contribution in [2.24, 2.45) is 0 Å². The second-order valence-corrected chi connectivity index (χ2v) is 9.06. The van der Waals surface area contributed by atoms with E-state index in [4.69, 9.17) is 25.8 Å². The summed E-state index contributed by atoms with van der Waals surface area (Å²) in [4.78, 5) is 39.4. The van der Waals surface area contributed by atoms with Crippen LogP contribution in [0.5, 0.6) is 17.2 Å². The van der Waals surface area contributed by atoms with Crippen LogP contribution in [0.15, 0.2) is 72.3 Å². The summed E-state index contributed by atoms with van der Waals surface area (Å²) in [5, 5.41) is 2.48. The van der Waals surface area contributed by atoms with Crippen LogP contribution >= 0.6 is 11.6 Å². The number of benzene rings is 3. The molecule has 3 aromatic carbocycles. The topological polar surface area (TPSA) is 94.2 Å². The predicted octanol–water partition coefficient (Wildman–Crippen LogP) is 5.77. The SMILES string of the molecule is CCOc1cc(/C=C2\C(=O)NC(=O)N(c3ccc(OCc4ccccc4)cc3)C2=O)cc(Cl)c1OC(C)C. The van der Waals surface area contributed by atoms with Gasteiger partial charge < -0.3 is 14.2 Å². The van der Waals surface area contributed by atoms with E-state index in [-0.39, 0.29) is 22.4 Å². The first kappa shape index (κ1) is 26.8. The van der Waals surface area contributed by atoms with Crippen LogP contribution < -0.4 is 24.4 Å². The van der Waals surface area contributed by atoms with Crippen LogP contribution in [0.2, 0.25) is 5.02 Å². The summed E-state index contributed by atoms with van der Waals surface area (Å²) < 4.78 is 17.2. The lowest BCUT2D eigenvalue weighted by molar-refractivity contribution is -0.122. The van der Waals surface area contributed by atoms with Gasteiger partial charge in [-0.05, 0) is 74.4 Å². The average molecular weight is 535 g/mol. The molecule has 1 saturated heterocycles. The zero-order chi connectivity index (χ0) is 27.2. The maximum Gasteiger partial charge on any atom is 0.335 e. The summed E-state index contributed by atoms with van der Waals surface area (Å²) >= 11 is 6.44. The number of nitrogens with one attached hydrogen (secondary N) is 1. The van der Waals surface area contributed by atoms with Crippen molar-refractivity contribution >= 4 is 41.2 Å². The smallest absolute Gasteiger partial charge is 0.335 e. The molecule has 38 heavy (non-hydrogen) atoms. The molecule has 1 aliphatic rings. The molecule has 0 saturated carbocycles. The van der Waals surface area contributed by atoms with Gasteiger partial charge in [-0.1, -0.05) is 41.9 Å². The Morgan fingerprint density at radius 3 is 2.34 bits per heavy atom. The predicted molar refractivity (Wildman–Crippen MR) is 145 cm³/mol. The first-order valence-electron chi connectivity index (χ1n) is 12.1. The Bertz CT molecular complexity index is 1370. The fourth-order valence-electron chi connectivity index (χ4n) is 3.78. The summed E-state index contributed by atoms with van der Waals surface area (Å²) in [6.45, 7) is 6.27. The Labute approximate surface area is 225 Å². The van der Waals surface area contributed by atoms with Crippen LogP contribution in [0.4, 0.5) is 10.5 Å². The minimum atomic E-state index is -0.844. The summed E-state index contributed by atoms with van der Waals surface area (Å²) in [5.74, 6) is -0.264. The van der Waals surface area contributed by atoms with Crippen LogP contribution in [0.25, 0.3) is 6.08 Å². The lowest BCUT2D eigenvalue weighted by atomic mass is 10.1. The number of anilines is 1. The molecular weight excluding hydrogens is 508 g/mol. The molecular formula is C29H27ClN2O6. The number of hydrogen-bond donors (Lipinski definition) is 1. The molecule has 0 aromatic heterocycles. The van der Waals surface area contributed by atoms with Gasteiger partial charge in [0.15, 0.2) is 11.5 Å². The molecule has 1 N–H and O–H groups in total. The van der Waals surface area contributed by atoms with E-state index in [9.17, 15) is 14.4 Å². The van der Waals surface area contributed by atoms with Gasteiger partial charge in [-0.2, -0.15) is 0 Å². The van der Waals surface area contributed by atoms with Gasteiger partial charge in [0.2, 0.25) is 0 Å². The summed E-state index contributed by atoms with van der Waals surface area (Å²) in [6, 6.07) is 18.5. The molecule has 1 fully saturated rings. The van der Waals surface area contributed by atoms with E-state index in [0.717, 1.165) is 10.5 Å². The van der Waals surface area contributed by atoms with Crippen molar-refractivity contribution in [2.75, 3.05) is 11.5 Å². The Kier molecular flexibility index (Phi) is 8.33. The number of hydrogen-bond acceptors (Lipinski definition) is 6. The molecule has 196 valence electrons. The number of rotatable bonds is 9. The lowest BCUT2D eigenvalue weighted by Gasteiger charge is -2.26. The van der Waals surface area contributed by atoms with Gasteiger partial charge in [0.05, 0.1) is 23.4 Å². The van der Waals surface area contributed by atoms with Crippen molar-refractivity contribution in [3.8, 4) is 17.2 Å². The van der Waals surface area contributed by atoms with Crippen LogP contribution in [0.1, 0.15) is 31.9 Å². The number of imide groups is 2. The number of ether oxygens (including phenoxy) is 3. The quantitative estimate of drug-likeness (QED) is 0.276. The number of urea groups is 1. The Morgan fingerprint density at radius 1 is 0.974 bits per heavy atom. The number of nitrogens with zero attached hydrogens (tertiary/aromatic N) is 1. The highest BCUT2D eigenvalue weighted by atomic mass is 35.5. The fourth-order valence-corrected chi connectivity index (χ4v) is 4.04. The summed E-state index contributed by atoms with van der Waals surface area (Å²) in [7, 11) is 0. The van der Waals surface area contributed by atoms with Crippen molar-refractivity contribution in [3.63, 3.8) is 0 Å². The second-order valence-electron chi connectivity index (χ2n) is 8.66. The van der Waals surface area contributed by atoms with Gasteiger partial charge in [-0.25, -0.2) is 9.69 Å². The third-order valence-electron chi connectivity index (χ3n) is 5.44. The molecule has 4 rings (SSSR count). The van der Waals surface area contributed by atoms with Gasteiger partial charge in [-0.3, -0.25) is 14.9 Å². The van der Waals surface area contributed by atoms with E-state index in [1.54, 1.807) is 36.4 Å². The fraction of sp³-hybridized carbons (Fsp3) is 0.207. The van der Waals surface area contributed by atoms with Gasteiger partial charge in [0.25, 0.3) is 11.8 Å². The average Bonchev–Trinajstić information content (AvgIpc) is 2.88. The highest BCUT2D eigenvalue weighted by Crippen LogP contribution is 2.38. The molecule has 0 bridgehead atoms. The highest BCUT2D eigenvalue weighted by molar-refractivity contribution is 6.39. The van der Waals surface area contributed by atoms with Crippen LogP contribution in [0.3, 0.4) is 0 Å². The molecule has 1 heterocycles. The Hall–Kier alpha value is -4.30. The van der Waals surface area contributed by atoms with E-state index in [1.807, 2.05) is 51.1 Å². The number of barbiturate groups is 1. The maximum absolute atomic E-state index is 13.3. The van der Waals surface area contributed by atoms with E-state index in [0.29, 0.717) is 36.0 Å². The van der Waals surface area contributed by atoms with Gasteiger partial charge in [-0.15, -0.1) is 0 Å². The van der Waals surface area contributed by atoms with E-state index in [2.05, 4.69) is 5.32 Å². The van der Waals surface area contributed by atoms with Gasteiger partial charge >= 0.3 is 6.03 Å². The molecule has 3 aromatic rings. The molecule has 8 nitrogen and oxygen atoms in total. The molecule has 0 unspecified atom stereocenters. The minimum absolute atomic E-state index is 0.142. The molecule has 0 spiro atoms. The summed E-state index contributed by atoms with van der Waals surface area (Å²) in [6.07, 6.45) is 1.22. The molecule has 0 atom stereocenters. The third-order valence-corrected chi connectivity index (χ3v) is 5.72. The molecule has 9 heteroatoms. The molecule has 0 aliphatic carbocycles. The Balaban J connectivity index is 1.58. The first-order valence-corrected chi connectivity index (χ1v) is 12.5. The number of carbonyl (C=O) groups is 3. The van der Waals surface area contributed by atoms with Crippen molar-refractivity contribution in [3.05, 3.63) is 88.5 Å². The molecule has 4 amide bonds. The molecule has 0 radical (unpaired) electrons. The monoisotopic (exact) mass is 534 g/mol. The number of halogens is 1. The normalized spacial score (nSPS) is 14.6. The summed E-state index contributed by atoms with van der Waals surface area (Å²) in [5.41, 5.74) is 1.50. The second kappa shape index (κ2) is 11.8. The van der Waals surface area contributed by atoms with Crippen LogP contribution in [0, 0.1) is 0 Å². The Morgan fingerprint density at radius 2 is 1.68 bits per heavy atom. The van der Waals surface area contributed by atoms with E-state index >= 15 is 0 Å². The highest BCUT2D eigenvalue weighted by Gasteiger charge is 2.37. The minimum Gasteiger partial charge on any atom is -0.490 e. The number of amides is 4. The number of carbonyl (C=O) groups excluding carboxylic acids is 3. The first-order chi connectivity index (χ1) is 18.3. The molecule has 1 aliphatic heterocycles. The standard InChI is InChI=1S/C29H27ClN2O6/c1-4-36-25-16-20(15-24(30)26(25)38-18(2)3)14-23-27(33)31-29(35)32(28(23)34)21-10-12-22(13-11-21)37-17-19-8-6-5-7-9-19/h5-16,18H,4,17H2,1-3H3,(H,31,33,35)/b23-14+. The van der Waals surface area contributed by atoms with Crippen LogP contribution in [-0.2, 0) is 16.2 Å². The lowest BCUT2D eigenvalue weighted by Crippen LogP contribution is -2.54. The van der Waals surface area contributed by atoms with E-state index in [1.165, 1.54) is 6.08 Å². The van der Waals surface area contributed by atoms with Gasteiger partial charge in [0, 0.05) is 0 Å².